The Morgan fingerprint density at radius 1 is 1.60 bits per heavy atom. The number of Topliss-reactive ketones (excluding diaryl/α,β-unsaturated/α-hetero) is 1. The maximum atomic E-state index is 10.6. The van der Waals surface area contributed by atoms with Crippen molar-refractivity contribution in [2.75, 3.05) is 27.2 Å². The summed E-state index contributed by atoms with van der Waals surface area (Å²) < 4.78 is 0.589. The van der Waals surface area contributed by atoms with Crippen LogP contribution in [0, 0.1) is 12.3 Å². The van der Waals surface area contributed by atoms with Gasteiger partial charge in [-0.3, -0.25) is 4.79 Å². The average Bonchev–Trinajstić information content (AvgIpc) is 1.59. The molecule has 0 radical (unpaired) electrons. The van der Waals surface area contributed by atoms with Crippen LogP contribution in [0.15, 0.2) is 0 Å². The molecule has 0 N–H and O–H groups in total. The summed E-state index contributed by atoms with van der Waals surface area (Å²) in [6.45, 7) is 2.71. The molecule has 2 heteroatoms. The van der Waals surface area contributed by atoms with Crippen LogP contribution >= 0.6 is 0 Å². The molecule has 0 bridgehead atoms. The summed E-state index contributed by atoms with van der Waals surface area (Å²) >= 11 is 0. The first kappa shape index (κ1) is 9.19. The predicted molar refractivity (Wildman–Crippen MR) is 41.4 cm³/mol. The Balaban J connectivity index is 3.89. The van der Waals surface area contributed by atoms with E-state index in [1.165, 1.54) is 0 Å². The number of terminal acetylenes is 1. The van der Waals surface area contributed by atoms with E-state index >= 15 is 0 Å². The molecule has 0 rings (SSSR count). The van der Waals surface area contributed by atoms with Gasteiger partial charge in [-0.2, -0.15) is 0 Å². The van der Waals surface area contributed by atoms with Gasteiger partial charge >= 0.3 is 0 Å². The lowest BCUT2D eigenvalue weighted by atomic mass is 10.3. The van der Waals surface area contributed by atoms with Crippen LogP contribution in [0.25, 0.3) is 0 Å². The molecule has 56 valence electrons. The fourth-order valence-electron chi connectivity index (χ4n) is 0.906. The molecule has 0 saturated heterocycles. The second-order valence-electron chi connectivity index (χ2n) is 3.16. The molecule has 0 amide bonds. The van der Waals surface area contributed by atoms with Crippen LogP contribution in [0.5, 0.6) is 0 Å². The minimum absolute atomic E-state index is 0.181. The van der Waals surface area contributed by atoms with Crippen molar-refractivity contribution in [1.82, 2.24) is 0 Å². The van der Waals surface area contributed by atoms with Crippen molar-refractivity contribution in [1.29, 1.82) is 0 Å². The molecule has 0 aromatic rings. The molecule has 0 aromatic carbocycles. The summed E-state index contributed by atoms with van der Waals surface area (Å²) in [6.07, 6.45) is 5.11. The van der Waals surface area contributed by atoms with E-state index in [0.717, 1.165) is 0 Å². The highest BCUT2D eigenvalue weighted by atomic mass is 16.1. The molecule has 0 aliphatic heterocycles. The second kappa shape index (κ2) is 3.38. The van der Waals surface area contributed by atoms with Crippen molar-refractivity contribution in [2.24, 2.45) is 0 Å². The number of quaternary nitrogens is 1. The first-order valence-corrected chi connectivity index (χ1v) is 3.23. The van der Waals surface area contributed by atoms with E-state index in [0.29, 0.717) is 17.6 Å². The second-order valence-corrected chi connectivity index (χ2v) is 3.16. The van der Waals surface area contributed by atoms with Gasteiger partial charge in [-0.25, -0.2) is 0 Å². The highest BCUT2D eigenvalue weighted by Crippen LogP contribution is 1.94. The molecule has 0 fully saturated rings. The summed E-state index contributed by atoms with van der Waals surface area (Å²) in [5.41, 5.74) is 0. The van der Waals surface area contributed by atoms with Crippen molar-refractivity contribution in [3.05, 3.63) is 0 Å². The van der Waals surface area contributed by atoms with E-state index in [9.17, 15) is 4.79 Å². The number of rotatable bonds is 3. The Kier molecular flexibility index (Phi) is 3.11. The van der Waals surface area contributed by atoms with Gasteiger partial charge in [-0.15, -0.1) is 6.42 Å². The molecule has 10 heavy (non-hydrogen) atoms. The molecule has 0 aromatic heterocycles. The third-order valence-corrected chi connectivity index (χ3v) is 1.17. The van der Waals surface area contributed by atoms with E-state index in [1.54, 1.807) is 6.92 Å². The van der Waals surface area contributed by atoms with Crippen LogP contribution in [0.3, 0.4) is 0 Å². The third-order valence-electron chi connectivity index (χ3n) is 1.17. The summed E-state index contributed by atoms with van der Waals surface area (Å²) in [6, 6.07) is 0. The molecule has 0 spiro atoms. The minimum atomic E-state index is 0.181. The van der Waals surface area contributed by atoms with Crippen LogP contribution in [0.4, 0.5) is 0 Å². The van der Waals surface area contributed by atoms with Gasteiger partial charge in [-0.05, 0) is 5.92 Å². The Hall–Kier alpha value is -0.810. The average molecular weight is 140 g/mol. The molecule has 0 unspecified atom stereocenters. The molecular formula is C8H14NO+. The normalized spacial score (nSPS) is 10.6. The van der Waals surface area contributed by atoms with Crippen molar-refractivity contribution < 1.29 is 9.28 Å². The standard InChI is InChI=1S/C8H14NO/c1-5-6-9(3,4)7-8(2)10/h1H,6-7H2,2-4H3/q+1. The topological polar surface area (TPSA) is 17.1 Å². The zero-order chi connectivity index (χ0) is 8.20. The number of carbonyl (C=O) groups is 1. The molecule has 0 saturated carbocycles. The van der Waals surface area contributed by atoms with E-state index in [4.69, 9.17) is 6.42 Å². The lowest BCUT2D eigenvalue weighted by Crippen LogP contribution is -2.43. The Labute approximate surface area is 62.4 Å². The molecule has 0 atom stereocenters. The lowest BCUT2D eigenvalue weighted by molar-refractivity contribution is -0.875. The number of ketones is 1. The maximum Gasteiger partial charge on any atom is 0.183 e. The van der Waals surface area contributed by atoms with Gasteiger partial charge in [0.05, 0.1) is 14.1 Å². The number of hydrogen-bond acceptors (Lipinski definition) is 1. The fraction of sp³-hybridized carbons (Fsp3) is 0.625. The number of carbonyl (C=O) groups excluding carboxylic acids is 1. The number of nitrogens with zero attached hydrogens (tertiary/aromatic N) is 1. The largest absolute Gasteiger partial charge is 0.312 e. The summed E-state index contributed by atoms with van der Waals surface area (Å²) in [4.78, 5) is 10.6. The smallest absolute Gasteiger partial charge is 0.183 e. The quantitative estimate of drug-likeness (QED) is 0.406. The number of likely N-dealkylation sites (N-methyl/N-ethyl adjacent to an activating group) is 1. The van der Waals surface area contributed by atoms with Crippen LogP contribution in [0.2, 0.25) is 0 Å². The zero-order valence-corrected chi connectivity index (χ0v) is 6.85. The molecular weight excluding hydrogens is 126 g/mol. The highest BCUT2D eigenvalue weighted by Gasteiger charge is 2.14. The van der Waals surface area contributed by atoms with Crippen LogP contribution < -0.4 is 0 Å². The van der Waals surface area contributed by atoms with Crippen LogP contribution in [0.1, 0.15) is 6.92 Å². The molecule has 2 nitrogen and oxygen atoms in total. The van der Waals surface area contributed by atoms with Gasteiger partial charge in [0, 0.05) is 6.92 Å². The van der Waals surface area contributed by atoms with Crippen molar-refractivity contribution in [3.8, 4) is 12.3 Å². The summed E-state index contributed by atoms with van der Waals surface area (Å²) in [7, 11) is 3.89. The molecule has 0 aliphatic carbocycles. The van der Waals surface area contributed by atoms with Gasteiger partial charge in [0.25, 0.3) is 0 Å². The zero-order valence-electron chi connectivity index (χ0n) is 6.85. The van der Waals surface area contributed by atoms with Gasteiger partial charge in [-0.1, -0.05) is 0 Å². The first-order valence-electron chi connectivity index (χ1n) is 3.23. The van der Waals surface area contributed by atoms with E-state index in [2.05, 4.69) is 5.92 Å². The molecule has 0 aliphatic rings. The minimum Gasteiger partial charge on any atom is -0.312 e. The van der Waals surface area contributed by atoms with Crippen molar-refractivity contribution in [3.63, 3.8) is 0 Å². The third kappa shape index (κ3) is 4.11. The van der Waals surface area contributed by atoms with E-state index < -0.39 is 0 Å². The van der Waals surface area contributed by atoms with E-state index in [1.807, 2.05) is 14.1 Å². The number of hydrogen-bond donors (Lipinski definition) is 0. The van der Waals surface area contributed by atoms with Gasteiger partial charge < -0.3 is 4.48 Å². The Bertz CT molecular complexity index is 165. The predicted octanol–water partition coefficient (Wildman–Crippen LogP) is 0.285. The van der Waals surface area contributed by atoms with E-state index in [-0.39, 0.29) is 5.78 Å². The first-order chi connectivity index (χ1) is 4.48. The highest BCUT2D eigenvalue weighted by molar-refractivity contribution is 5.76. The Morgan fingerprint density at radius 2 is 2.10 bits per heavy atom. The lowest BCUT2D eigenvalue weighted by Gasteiger charge is -2.25. The van der Waals surface area contributed by atoms with Gasteiger partial charge in [0.15, 0.2) is 5.78 Å². The van der Waals surface area contributed by atoms with Crippen LogP contribution in [-0.2, 0) is 4.79 Å². The van der Waals surface area contributed by atoms with Gasteiger partial charge in [0.2, 0.25) is 0 Å². The molecule has 0 heterocycles. The fourth-order valence-corrected chi connectivity index (χ4v) is 0.906. The maximum absolute atomic E-state index is 10.6. The monoisotopic (exact) mass is 140 g/mol. The van der Waals surface area contributed by atoms with Gasteiger partial charge in [0.1, 0.15) is 13.1 Å². The van der Waals surface area contributed by atoms with Crippen molar-refractivity contribution in [2.45, 2.75) is 6.92 Å². The Morgan fingerprint density at radius 3 is 2.40 bits per heavy atom. The van der Waals surface area contributed by atoms with Crippen molar-refractivity contribution >= 4 is 5.78 Å². The summed E-state index contributed by atoms with van der Waals surface area (Å²) in [5.74, 6) is 2.71. The SMILES string of the molecule is C#CC[N+](C)(C)CC(C)=O. The van der Waals surface area contributed by atoms with Crippen LogP contribution in [-0.4, -0.2) is 37.5 Å². The summed E-state index contributed by atoms with van der Waals surface area (Å²) in [5, 5.41) is 0.